The van der Waals surface area contributed by atoms with Crippen LogP contribution >= 0.6 is 11.6 Å². The number of aryl methyl sites for hydroxylation is 1. The second kappa shape index (κ2) is 9.99. The third kappa shape index (κ3) is 4.92. The number of H-pyrrole nitrogens is 1. The van der Waals surface area contributed by atoms with E-state index in [0.29, 0.717) is 16.2 Å². The van der Waals surface area contributed by atoms with E-state index >= 15 is 0 Å². The molecule has 0 spiro atoms. The van der Waals surface area contributed by atoms with Crippen LogP contribution in [0.25, 0.3) is 22.0 Å². The lowest BCUT2D eigenvalue weighted by Crippen LogP contribution is -2.43. The lowest BCUT2D eigenvalue weighted by atomic mass is 10.0. The number of tetrazole rings is 1. The predicted octanol–water partition coefficient (Wildman–Crippen LogP) is 2.97. The van der Waals surface area contributed by atoms with Crippen molar-refractivity contribution in [3.63, 3.8) is 0 Å². The first-order valence-electron chi connectivity index (χ1n) is 11.9. The number of fused-ring (bicyclic) bond motifs is 1. The van der Waals surface area contributed by atoms with Crippen LogP contribution in [0.3, 0.4) is 0 Å². The smallest absolute Gasteiger partial charge is 0.324 e. The van der Waals surface area contributed by atoms with Crippen LogP contribution in [-0.4, -0.2) is 44.5 Å². The van der Waals surface area contributed by atoms with Gasteiger partial charge in [0, 0.05) is 18.6 Å². The Balaban J connectivity index is 1.41. The quantitative estimate of drug-likeness (QED) is 0.315. The highest BCUT2D eigenvalue weighted by molar-refractivity contribution is 6.34. The van der Waals surface area contributed by atoms with E-state index in [1.54, 1.807) is 16.8 Å². The summed E-state index contributed by atoms with van der Waals surface area (Å²) in [6.07, 6.45) is 1.84. The molecule has 6 rings (SSSR count). The molecule has 0 aliphatic carbocycles. The molecule has 3 aromatic carbocycles. The average molecular weight is 541 g/mol. The lowest BCUT2D eigenvalue weighted by molar-refractivity contribution is 0.577. The zero-order valence-corrected chi connectivity index (χ0v) is 21.4. The van der Waals surface area contributed by atoms with Crippen molar-refractivity contribution in [2.24, 2.45) is 7.05 Å². The molecule has 0 atom stereocenters. The van der Waals surface area contributed by atoms with Gasteiger partial charge in [-0.2, -0.15) is 15.3 Å². The number of hydrogen-bond donors (Lipinski definition) is 2. The highest BCUT2D eigenvalue weighted by Gasteiger charge is 2.17. The van der Waals surface area contributed by atoms with E-state index < -0.39 is 11.4 Å². The zero-order valence-electron chi connectivity index (χ0n) is 20.6. The van der Waals surface area contributed by atoms with Crippen LogP contribution in [-0.2, 0) is 20.1 Å². The van der Waals surface area contributed by atoms with Gasteiger partial charge in [0.05, 0.1) is 29.3 Å². The molecule has 2 N–H and O–H groups in total. The zero-order chi connectivity index (χ0) is 26.9. The normalized spacial score (nSPS) is 11.2. The van der Waals surface area contributed by atoms with Gasteiger partial charge < -0.3 is 5.32 Å². The molecule has 0 radical (unpaired) electrons. The molecule has 13 heteroatoms. The summed E-state index contributed by atoms with van der Waals surface area (Å²) in [5.74, 6) is 0.229. The van der Waals surface area contributed by atoms with Crippen LogP contribution in [0.1, 0.15) is 11.4 Å². The van der Waals surface area contributed by atoms with Gasteiger partial charge in [-0.05, 0) is 28.8 Å². The Morgan fingerprint density at radius 1 is 0.949 bits per heavy atom. The number of benzene rings is 3. The molecule has 0 saturated carbocycles. The summed E-state index contributed by atoms with van der Waals surface area (Å²) >= 11 is 6.52. The molecular formula is C26H21ClN10O2. The van der Waals surface area contributed by atoms with Crippen molar-refractivity contribution in [2.45, 2.75) is 13.1 Å². The van der Waals surface area contributed by atoms with E-state index in [1.165, 1.54) is 4.57 Å². The fourth-order valence-corrected chi connectivity index (χ4v) is 4.50. The minimum absolute atomic E-state index is 0.0478. The van der Waals surface area contributed by atoms with E-state index in [-0.39, 0.29) is 24.9 Å². The van der Waals surface area contributed by atoms with Crippen molar-refractivity contribution in [1.82, 2.24) is 44.5 Å². The summed E-state index contributed by atoms with van der Waals surface area (Å²) in [7, 11) is 1.81. The number of rotatable bonds is 7. The van der Waals surface area contributed by atoms with E-state index in [0.717, 1.165) is 26.6 Å². The predicted molar refractivity (Wildman–Crippen MR) is 146 cm³/mol. The molecule has 194 valence electrons. The molecule has 0 bridgehead atoms. The summed E-state index contributed by atoms with van der Waals surface area (Å²) < 4.78 is 4.01. The molecule has 6 aromatic rings. The maximum atomic E-state index is 13.6. The summed E-state index contributed by atoms with van der Waals surface area (Å²) in [5, 5.41) is 22.2. The van der Waals surface area contributed by atoms with Crippen LogP contribution in [0.4, 0.5) is 11.6 Å². The largest absolute Gasteiger partial charge is 0.355 e. The van der Waals surface area contributed by atoms with Crippen LogP contribution in [0.5, 0.6) is 0 Å². The Bertz CT molecular complexity index is 1890. The number of aromatic amines is 1. The summed E-state index contributed by atoms with van der Waals surface area (Å²) in [6.45, 7) is -0.0424. The second-order valence-electron chi connectivity index (χ2n) is 8.88. The van der Waals surface area contributed by atoms with Gasteiger partial charge in [-0.25, -0.2) is 14.2 Å². The summed E-state index contributed by atoms with van der Waals surface area (Å²) in [6, 6.07) is 21.3. The minimum Gasteiger partial charge on any atom is -0.324 e. The van der Waals surface area contributed by atoms with Gasteiger partial charge in [0.15, 0.2) is 5.82 Å². The first kappa shape index (κ1) is 24.2. The van der Waals surface area contributed by atoms with Crippen molar-refractivity contribution in [1.29, 1.82) is 0 Å². The van der Waals surface area contributed by atoms with Crippen molar-refractivity contribution in [2.75, 3.05) is 5.32 Å². The highest BCUT2D eigenvalue weighted by atomic mass is 35.5. The topological polar surface area (TPSA) is 141 Å². The van der Waals surface area contributed by atoms with Crippen molar-refractivity contribution < 1.29 is 0 Å². The molecule has 3 heterocycles. The van der Waals surface area contributed by atoms with Gasteiger partial charge in [-0.15, -0.1) is 10.2 Å². The molecule has 39 heavy (non-hydrogen) atoms. The number of hydrogen-bond acceptors (Lipinski definition) is 8. The first-order valence-corrected chi connectivity index (χ1v) is 12.3. The van der Waals surface area contributed by atoms with E-state index in [4.69, 9.17) is 11.6 Å². The van der Waals surface area contributed by atoms with Crippen molar-refractivity contribution >= 4 is 34.1 Å². The van der Waals surface area contributed by atoms with Crippen molar-refractivity contribution in [3.8, 4) is 11.1 Å². The number of nitrogens with zero attached hydrogens (tertiary/aromatic N) is 8. The average Bonchev–Trinajstić information content (AvgIpc) is 3.58. The Kier molecular flexibility index (Phi) is 6.21. The Hall–Kier alpha value is -5.10. The van der Waals surface area contributed by atoms with Crippen molar-refractivity contribution in [3.05, 3.63) is 110 Å². The van der Waals surface area contributed by atoms with Crippen LogP contribution in [0, 0.1) is 0 Å². The highest BCUT2D eigenvalue weighted by Crippen LogP contribution is 2.29. The van der Waals surface area contributed by atoms with Gasteiger partial charge >= 0.3 is 11.4 Å². The molecule has 12 nitrogen and oxygen atoms in total. The van der Waals surface area contributed by atoms with Gasteiger partial charge in [-0.1, -0.05) is 71.4 Å². The molecule has 3 aromatic heterocycles. The molecule has 0 aliphatic heterocycles. The fraction of sp³-hybridized carbons (Fsp3) is 0.115. The molecule has 0 fully saturated rings. The lowest BCUT2D eigenvalue weighted by Gasteiger charge is -2.16. The van der Waals surface area contributed by atoms with Crippen LogP contribution < -0.4 is 16.7 Å². The molecular weight excluding hydrogens is 520 g/mol. The fourth-order valence-electron chi connectivity index (χ4n) is 4.30. The summed E-state index contributed by atoms with van der Waals surface area (Å²) in [5.41, 5.74) is 2.80. The Labute approximate surface area is 225 Å². The SMILES string of the molecule is Cn1cc2cc(Nc3nc(=O)n(Cc4nn[nH]n4)c(=O)n3Cc3ccc(-c4ccccc4)cc3)c(Cl)cc2n1. The third-order valence-corrected chi connectivity index (χ3v) is 6.51. The molecule has 0 unspecified atom stereocenters. The van der Waals surface area contributed by atoms with Gasteiger partial charge in [-0.3, -0.25) is 9.25 Å². The minimum atomic E-state index is -0.762. The Morgan fingerprint density at radius 3 is 2.46 bits per heavy atom. The molecule has 0 amide bonds. The third-order valence-electron chi connectivity index (χ3n) is 6.19. The second-order valence-corrected chi connectivity index (χ2v) is 9.29. The van der Waals surface area contributed by atoms with Gasteiger partial charge in [0.25, 0.3) is 0 Å². The van der Waals surface area contributed by atoms with Gasteiger partial charge in [0.2, 0.25) is 5.95 Å². The standard InChI is InChI=1S/C26H21ClN10O2/c1-35-14-19-11-22(20(27)12-21(19)32-35)28-24-29-25(38)37(15-23-30-33-34-31-23)26(39)36(24)13-16-7-9-18(10-8-16)17-5-3-2-4-6-17/h2-12,14H,13,15H2,1H3,(H,28,29,38)(H,30,31,33,34). The number of halogens is 1. The maximum absolute atomic E-state index is 13.6. The maximum Gasteiger partial charge on any atom is 0.355 e. The van der Waals surface area contributed by atoms with Crippen LogP contribution in [0.2, 0.25) is 5.02 Å². The van der Waals surface area contributed by atoms with Crippen LogP contribution in [0.15, 0.2) is 82.5 Å². The van der Waals surface area contributed by atoms with E-state index in [1.807, 2.05) is 67.8 Å². The Morgan fingerprint density at radius 2 is 1.72 bits per heavy atom. The molecule has 0 aliphatic rings. The molecule has 0 saturated heterocycles. The van der Waals surface area contributed by atoms with Gasteiger partial charge in [0.1, 0.15) is 0 Å². The van der Waals surface area contributed by atoms with E-state index in [9.17, 15) is 9.59 Å². The number of anilines is 2. The number of aromatic nitrogens is 9. The van der Waals surface area contributed by atoms with E-state index in [2.05, 4.69) is 36.0 Å². The monoisotopic (exact) mass is 540 g/mol. The first-order chi connectivity index (χ1) is 18.9. The number of nitrogens with one attached hydrogen (secondary N) is 2. The summed E-state index contributed by atoms with van der Waals surface area (Å²) in [4.78, 5) is 30.8.